The van der Waals surface area contributed by atoms with Crippen LogP contribution in [0.4, 0.5) is 15.8 Å². The summed E-state index contributed by atoms with van der Waals surface area (Å²) in [6, 6.07) is 11.6. The Morgan fingerprint density at radius 1 is 1.06 bits per heavy atom. The van der Waals surface area contributed by atoms with Gasteiger partial charge < -0.3 is 20.4 Å². The smallest absolute Gasteiger partial charge is 0.243 e. The van der Waals surface area contributed by atoms with Crippen molar-refractivity contribution in [3.05, 3.63) is 59.4 Å². The fourth-order valence-corrected chi connectivity index (χ4v) is 4.68. The van der Waals surface area contributed by atoms with Gasteiger partial charge in [-0.2, -0.15) is 0 Å². The van der Waals surface area contributed by atoms with Crippen LogP contribution in [-0.4, -0.2) is 79.4 Å². The van der Waals surface area contributed by atoms with E-state index in [1.54, 1.807) is 12.1 Å². The number of carbonyl (C=O) groups excluding carboxylic acids is 3. The van der Waals surface area contributed by atoms with Gasteiger partial charge in [0.2, 0.25) is 17.7 Å². The number of amides is 3. The Bertz CT molecular complexity index is 1100. The molecular formula is C26H32FN5O3. The highest BCUT2D eigenvalue weighted by Crippen LogP contribution is 2.21. The molecule has 2 saturated heterocycles. The molecule has 186 valence electrons. The Labute approximate surface area is 205 Å². The van der Waals surface area contributed by atoms with Gasteiger partial charge in [-0.3, -0.25) is 19.3 Å². The number of aryl methyl sites for hydroxylation is 2. The Hall–Kier alpha value is -3.46. The van der Waals surface area contributed by atoms with Crippen molar-refractivity contribution in [2.24, 2.45) is 0 Å². The Morgan fingerprint density at radius 2 is 1.80 bits per heavy atom. The maximum atomic E-state index is 14.1. The Balaban J connectivity index is 1.34. The van der Waals surface area contributed by atoms with E-state index in [-0.39, 0.29) is 36.5 Å². The maximum Gasteiger partial charge on any atom is 0.243 e. The number of nitrogens with zero attached hydrogens (tertiary/aromatic N) is 3. The summed E-state index contributed by atoms with van der Waals surface area (Å²) in [5.74, 6) is -1.05. The van der Waals surface area contributed by atoms with Crippen molar-refractivity contribution in [3.63, 3.8) is 0 Å². The van der Waals surface area contributed by atoms with Crippen LogP contribution in [-0.2, 0) is 14.4 Å². The first kappa shape index (κ1) is 24.7. The molecule has 2 aliphatic rings. The minimum Gasteiger partial charge on any atom is -0.367 e. The lowest BCUT2D eigenvalue weighted by atomic mass is 10.1. The van der Waals surface area contributed by atoms with Crippen LogP contribution in [0.5, 0.6) is 0 Å². The van der Waals surface area contributed by atoms with Crippen molar-refractivity contribution in [1.29, 1.82) is 0 Å². The molecule has 2 N–H and O–H groups in total. The molecule has 0 unspecified atom stereocenters. The van der Waals surface area contributed by atoms with Crippen molar-refractivity contribution in [3.8, 4) is 0 Å². The van der Waals surface area contributed by atoms with Gasteiger partial charge in [-0.25, -0.2) is 4.39 Å². The summed E-state index contributed by atoms with van der Waals surface area (Å²) in [6.07, 6.45) is -0.105. The summed E-state index contributed by atoms with van der Waals surface area (Å²) >= 11 is 0. The summed E-state index contributed by atoms with van der Waals surface area (Å²) < 4.78 is 14.1. The monoisotopic (exact) mass is 481 g/mol. The molecule has 2 aromatic carbocycles. The highest BCUT2D eigenvalue weighted by atomic mass is 19.1. The molecule has 9 heteroatoms. The van der Waals surface area contributed by atoms with Crippen LogP contribution in [0.1, 0.15) is 17.5 Å². The average Bonchev–Trinajstić information content (AvgIpc) is 2.83. The largest absolute Gasteiger partial charge is 0.367 e. The third-order valence-corrected chi connectivity index (χ3v) is 6.61. The normalized spacial score (nSPS) is 18.8. The van der Waals surface area contributed by atoms with Crippen LogP contribution >= 0.6 is 0 Å². The molecule has 0 aromatic heterocycles. The SMILES string of the molecule is Cc1ccc(NC(=O)C[C@H]2C(=O)NCCN2C(=O)CN2CCN(c3ccccc3F)CC2)c(C)c1. The third kappa shape index (κ3) is 5.97. The van der Waals surface area contributed by atoms with Crippen molar-refractivity contribution >= 4 is 29.1 Å². The third-order valence-electron chi connectivity index (χ3n) is 6.61. The van der Waals surface area contributed by atoms with Gasteiger partial charge in [0.25, 0.3) is 0 Å². The molecule has 0 saturated carbocycles. The van der Waals surface area contributed by atoms with E-state index < -0.39 is 6.04 Å². The van der Waals surface area contributed by atoms with Crippen molar-refractivity contribution in [2.75, 3.05) is 56.0 Å². The lowest BCUT2D eigenvalue weighted by Crippen LogP contribution is -2.60. The number of benzene rings is 2. The number of hydrogen-bond acceptors (Lipinski definition) is 5. The molecule has 1 atom stereocenters. The number of piperazine rings is 2. The van der Waals surface area contributed by atoms with Gasteiger partial charge in [-0.05, 0) is 37.6 Å². The minimum absolute atomic E-state index is 0.105. The van der Waals surface area contributed by atoms with Crippen molar-refractivity contribution < 1.29 is 18.8 Å². The van der Waals surface area contributed by atoms with Crippen LogP contribution in [0.25, 0.3) is 0 Å². The predicted octanol–water partition coefficient (Wildman–Crippen LogP) is 1.92. The van der Waals surface area contributed by atoms with Crippen LogP contribution in [0.2, 0.25) is 0 Å². The summed E-state index contributed by atoms with van der Waals surface area (Å²) in [5, 5.41) is 5.64. The fourth-order valence-electron chi connectivity index (χ4n) is 4.68. The van der Waals surface area contributed by atoms with Crippen LogP contribution in [0, 0.1) is 19.7 Å². The van der Waals surface area contributed by atoms with Crippen molar-refractivity contribution in [2.45, 2.75) is 26.3 Å². The van der Waals surface area contributed by atoms with E-state index >= 15 is 0 Å². The van der Waals surface area contributed by atoms with E-state index in [4.69, 9.17) is 0 Å². The molecule has 2 aromatic rings. The molecule has 35 heavy (non-hydrogen) atoms. The van der Waals surface area contributed by atoms with Gasteiger partial charge in [-0.15, -0.1) is 0 Å². The van der Waals surface area contributed by atoms with Crippen molar-refractivity contribution in [1.82, 2.24) is 15.1 Å². The van der Waals surface area contributed by atoms with Gasteiger partial charge in [0, 0.05) is 45.0 Å². The summed E-state index contributed by atoms with van der Waals surface area (Å²) in [5.41, 5.74) is 3.30. The number of hydrogen-bond donors (Lipinski definition) is 2. The lowest BCUT2D eigenvalue weighted by Gasteiger charge is -2.39. The average molecular weight is 482 g/mol. The standard InChI is InChI=1S/C26H32FN5O3/c1-18-7-8-21(19(2)15-18)29-24(33)16-23-26(35)28-9-10-32(23)25(34)17-30-11-13-31(14-12-30)22-6-4-3-5-20(22)27/h3-8,15,23H,9-14,16-17H2,1-2H3,(H,28,35)(H,29,33)/t23-/m0/s1. The number of para-hydroxylation sites is 1. The van der Waals surface area contributed by atoms with E-state index in [0.29, 0.717) is 50.6 Å². The summed E-state index contributed by atoms with van der Waals surface area (Å²) in [6.45, 7) is 7.21. The zero-order chi connectivity index (χ0) is 24.9. The highest BCUT2D eigenvalue weighted by molar-refractivity contribution is 5.98. The van der Waals surface area contributed by atoms with Crippen LogP contribution in [0.15, 0.2) is 42.5 Å². The van der Waals surface area contributed by atoms with Gasteiger partial charge in [0.1, 0.15) is 11.9 Å². The first-order valence-corrected chi connectivity index (χ1v) is 12.0. The fraction of sp³-hybridized carbons (Fsp3) is 0.423. The molecule has 4 rings (SSSR count). The zero-order valence-electron chi connectivity index (χ0n) is 20.2. The summed E-state index contributed by atoms with van der Waals surface area (Å²) in [4.78, 5) is 44.0. The Morgan fingerprint density at radius 3 is 2.51 bits per heavy atom. The van der Waals surface area contributed by atoms with Crippen LogP contribution in [0.3, 0.4) is 0 Å². The molecule has 2 fully saturated rings. The minimum atomic E-state index is -0.846. The lowest BCUT2D eigenvalue weighted by molar-refractivity contribution is -0.145. The van der Waals surface area contributed by atoms with E-state index in [0.717, 1.165) is 11.1 Å². The molecule has 2 heterocycles. The second-order valence-corrected chi connectivity index (χ2v) is 9.18. The quantitative estimate of drug-likeness (QED) is 0.659. The van der Waals surface area contributed by atoms with E-state index in [9.17, 15) is 18.8 Å². The number of anilines is 2. The maximum absolute atomic E-state index is 14.1. The molecule has 2 aliphatic heterocycles. The van der Waals surface area contributed by atoms with Gasteiger partial charge >= 0.3 is 0 Å². The predicted molar refractivity (Wildman–Crippen MR) is 133 cm³/mol. The van der Waals surface area contributed by atoms with Gasteiger partial charge in [-0.1, -0.05) is 29.8 Å². The number of rotatable bonds is 6. The first-order chi connectivity index (χ1) is 16.8. The number of nitrogens with one attached hydrogen (secondary N) is 2. The van der Waals surface area contributed by atoms with Gasteiger partial charge in [0.15, 0.2) is 0 Å². The van der Waals surface area contributed by atoms with E-state index in [2.05, 4.69) is 10.6 Å². The molecule has 0 bridgehead atoms. The molecule has 8 nitrogen and oxygen atoms in total. The topological polar surface area (TPSA) is 85.0 Å². The number of carbonyl (C=O) groups is 3. The molecule has 0 aliphatic carbocycles. The molecule has 3 amide bonds. The molecular weight excluding hydrogens is 449 g/mol. The van der Waals surface area contributed by atoms with E-state index in [1.807, 2.05) is 47.9 Å². The number of halogens is 1. The second-order valence-electron chi connectivity index (χ2n) is 9.18. The second kappa shape index (κ2) is 10.9. The molecule has 0 radical (unpaired) electrons. The van der Waals surface area contributed by atoms with Crippen LogP contribution < -0.4 is 15.5 Å². The molecule has 0 spiro atoms. The highest BCUT2D eigenvalue weighted by Gasteiger charge is 2.35. The summed E-state index contributed by atoms with van der Waals surface area (Å²) in [7, 11) is 0. The first-order valence-electron chi connectivity index (χ1n) is 12.0. The zero-order valence-corrected chi connectivity index (χ0v) is 20.2. The van der Waals surface area contributed by atoms with E-state index in [1.165, 1.54) is 11.0 Å². The van der Waals surface area contributed by atoms with Gasteiger partial charge in [0.05, 0.1) is 18.7 Å². The Kier molecular flexibility index (Phi) is 7.65.